The van der Waals surface area contributed by atoms with Gasteiger partial charge in [0.05, 0.1) is 13.7 Å². The number of nitrogens with zero attached hydrogens (tertiary/aromatic N) is 1. The minimum atomic E-state index is 0.698. The lowest BCUT2D eigenvalue weighted by Crippen LogP contribution is -2.38. The van der Waals surface area contributed by atoms with Gasteiger partial charge in [0.2, 0.25) is 0 Å². The predicted octanol–water partition coefficient (Wildman–Crippen LogP) is 1.75. The van der Waals surface area contributed by atoms with Gasteiger partial charge in [0.25, 0.3) is 0 Å². The van der Waals surface area contributed by atoms with Crippen molar-refractivity contribution in [3.63, 3.8) is 0 Å². The van der Waals surface area contributed by atoms with E-state index in [0.717, 1.165) is 24.5 Å². The highest BCUT2D eigenvalue weighted by molar-refractivity contribution is 5.51. The number of methoxy groups -OCH3 is 1. The van der Waals surface area contributed by atoms with Crippen LogP contribution >= 0.6 is 0 Å². The monoisotopic (exact) mass is 236 g/mol. The lowest BCUT2D eigenvalue weighted by molar-refractivity contribution is 0.164. The van der Waals surface area contributed by atoms with Gasteiger partial charge < -0.3 is 20.1 Å². The fourth-order valence-corrected chi connectivity index (χ4v) is 1.88. The molecule has 0 unspecified atom stereocenters. The number of anilines is 1. The van der Waals surface area contributed by atoms with Gasteiger partial charge in [-0.15, -0.1) is 0 Å². The summed E-state index contributed by atoms with van der Waals surface area (Å²) in [5, 5.41) is 0. The van der Waals surface area contributed by atoms with Gasteiger partial charge in [-0.1, -0.05) is 0 Å². The summed E-state index contributed by atoms with van der Waals surface area (Å²) in [6.45, 7) is 4.30. The molecule has 0 amide bonds. The Hall–Kier alpha value is -1.42. The zero-order chi connectivity index (χ0) is 12.1. The molecule has 1 aliphatic heterocycles. The van der Waals surface area contributed by atoms with Crippen molar-refractivity contribution in [1.82, 2.24) is 4.90 Å². The van der Waals surface area contributed by atoms with E-state index >= 15 is 0 Å². The Morgan fingerprint density at radius 1 is 1.29 bits per heavy atom. The molecule has 1 aliphatic rings. The standard InChI is InChI=1S/C13H20N2O2/c1-16-12-5-4-11(14)10-13(12)17-9-3-8-15-6-2-7-15/h4-5,10H,2-3,6-9,14H2,1H3. The third-order valence-electron chi connectivity index (χ3n) is 3.01. The van der Waals surface area contributed by atoms with Crippen LogP contribution in [0.5, 0.6) is 11.5 Å². The summed E-state index contributed by atoms with van der Waals surface area (Å²) >= 11 is 0. The van der Waals surface area contributed by atoms with Gasteiger partial charge in [0.15, 0.2) is 11.5 Å². The van der Waals surface area contributed by atoms with E-state index in [0.29, 0.717) is 12.3 Å². The molecule has 0 saturated carbocycles. The van der Waals surface area contributed by atoms with Crippen molar-refractivity contribution in [2.24, 2.45) is 0 Å². The van der Waals surface area contributed by atoms with Gasteiger partial charge >= 0.3 is 0 Å². The Labute approximate surface area is 102 Å². The van der Waals surface area contributed by atoms with E-state index in [4.69, 9.17) is 15.2 Å². The maximum atomic E-state index is 5.72. The molecule has 4 heteroatoms. The van der Waals surface area contributed by atoms with Crippen LogP contribution in [-0.4, -0.2) is 38.3 Å². The topological polar surface area (TPSA) is 47.7 Å². The molecule has 4 nitrogen and oxygen atoms in total. The number of nitrogen functional groups attached to an aromatic ring is 1. The maximum absolute atomic E-state index is 5.72. The first-order valence-electron chi connectivity index (χ1n) is 6.08. The number of benzene rings is 1. The first-order valence-corrected chi connectivity index (χ1v) is 6.08. The van der Waals surface area contributed by atoms with Crippen LogP contribution < -0.4 is 15.2 Å². The van der Waals surface area contributed by atoms with Crippen molar-refractivity contribution in [3.8, 4) is 11.5 Å². The van der Waals surface area contributed by atoms with E-state index in [1.54, 1.807) is 7.11 Å². The van der Waals surface area contributed by atoms with Crippen molar-refractivity contribution in [2.75, 3.05) is 39.1 Å². The molecule has 1 aromatic rings. The molecule has 0 aliphatic carbocycles. The van der Waals surface area contributed by atoms with Crippen molar-refractivity contribution in [1.29, 1.82) is 0 Å². The van der Waals surface area contributed by atoms with Gasteiger partial charge in [-0.25, -0.2) is 0 Å². The minimum Gasteiger partial charge on any atom is -0.493 e. The summed E-state index contributed by atoms with van der Waals surface area (Å²) in [4.78, 5) is 2.43. The molecular weight excluding hydrogens is 216 g/mol. The van der Waals surface area contributed by atoms with E-state index in [1.165, 1.54) is 19.5 Å². The van der Waals surface area contributed by atoms with E-state index in [-0.39, 0.29) is 0 Å². The zero-order valence-electron chi connectivity index (χ0n) is 10.3. The van der Waals surface area contributed by atoms with Crippen LogP contribution in [0.25, 0.3) is 0 Å². The van der Waals surface area contributed by atoms with Crippen LogP contribution in [0.15, 0.2) is 18.2 Å². The average Bonchev–Trinajstić information content (AvgIpc) is 2.26. The molecule has 0 spiro atoms. The number of hydrogen-bond acceptors (Lipinski definition) is 4. The Kier molecular flexibility index (Phi) is 4.09. The third kappa shape index (κ3) is 3.27. The molecule has 1 aromatic carbocycles. The number of likely N-dealkylation sites (tertiary alicyclic amines) is 1. The zero-order valence-corrected chi connectivity index (χ0v) is 10.3. The summed E-state index contributed by atoms with van der Waals surface area (Å²) in [7, 11) is 1.64. The van der Waals surface area contributed by atoms with E-state index in [2.05, 4.69) is 4.90 Å². The van der Waals surface area contributed by atoms with Gasteiger partial charge in [0.1, 0.15) is 0 Å². The molecular formula is C13H20N2O2. The van der Waals surface area contributed by atoms with Gasteiger partial charge in [-0.05, 0) is 38.1 Å². The Morgan fingerprint density at radius 2 is 2.12 bits per heavy atom. The second-order valence-electron chi connectivity index (χ2n) is 4.31. The third-order valence-corrected chi connectivity index (χ3v) is 3.01. The highest BCUT2D eigenvalue weighted by Crippen LogP contribution is 2.29. The summed E-state index contributed by atoms with van der Waals surface area (Å²) in [6.07, 6.45) is 2.38. The largest absolute Gasteiger partial charge is 0.493 e. The Morgan fingerprint density at radius 3 is 2.76 bits per heavy atom. The van der Waals surface area contributed by atoms with Gasteiger partial charge in [-0.2, -0.15) is 0 Å². The molecule has 94 valence electrons. The van der Waals surface area contributed by atoms with Gasteiger partial charge in [-0.3, -0.25) is 0 Å². The van der Waals surface area contributed by atoms with Crippen LogP contribution in [0.2, 0.25) is 0 Å². The average molecular weight is 236 g/mol. The quantitative estimate of drug-likeness (QED) is 0.604. The smallest absolute Gasteiger partial charge is 0.163 e. The van der Waals surface area contributed by atoms with E-state index in [9.17, 15) is 0 Å². The molecule has 1 heterocycles. The second-order valence-corrected chi connectivity index (χ2v) is 4.31. The molecule has 2 rings (SSSR count). The number of hydrogen-bond donors (Lipinski definition) is 1. The van der Waals surface area contributed by atoms with Crippen LogP contribution in [0.1, 0.15) is 12.8 Å². The summed E-state index contributed by atoms with van der Waals surface area (Å²) in [5.74, 6) is 1.47. The molecule has 1 saturated heterocycles. The van der Waals surface area contributed by atoms with Crippen LogP contribution in [0.4, 0.5) is 5.69 Å². The second kappa shape index (κ2) is 5.77. The molecule has 0 radical (unpaired) electrons. The van der Waals surface area contributed by atoms with Crippen molar-refractivity contribution < 1.29 is 9.47 Å². The van der Waals surface area contributed by atoms with Gasteiger partial charge in [0, 0.05) is 18.3 Å². The lowest BCUT2D eigenvalue weighted by atomic mass is 10.2. The van der Waals surface area contributed by atoms with Crippen molar-refractivity contribution in [2.45, 2.75) is 12.8 Å². The van der Waals surface area contributed by atoms with Crippen LogP contribution in [-0.2, 0) is 0 Å². The molecule has 0 aromatic heterocycles. The van der Waals surface area contributed by atoms with E-state index in [1.807, 2.05) is 18.2 Å². The highest BCUT2D eigenvalue weighted by atomic mass is 16.5. The Balaban J connectivity index is 1.78. The predicted molar refractivity (Wildman–Crippen MR) is 68.6 cm³/mol. The normalized spacial score (nSPS) is 15.4. The first kappa shape index (κ1) is 12.0. The first-order chi connectivity index (χ1) is 8.29. The summed E-state index contributed by atoms with van der Waals surface area (Å²) in [5.41, 5.74) is 6.42. The van der Waals surface area contributed by atoms with Crippen molar-refractivity contribution in [3.05, 3.63) is 18.2 Å². The number of ether oxygens (including phenoxy) is 2. The number of rotatable bonds is 6. The van der Waals surface area contributed by atoms with Crippen LogP contribution in [0.3, 0.4) is 0 Å². The maximum Gasteiger partial charge on any atom is 0.163 e. The highest BCUT2D eigenvalue weighted by Gasteiger charge is 2.12. The molecule has 0 bridgehead atoms. The summed E-state index contributed by atoms with van der Waals surface area (Å²) < 4.78 is 10.9. The summed E-state index contributed by atoms with van der Waals surface area (Å²) in [6, 6.07) is 5.45. The molecule has 0 atom stereocenters. The molecule has 2 N–H and O–H groups in total. The SMILES string of the molecule is COc1ccc(N)cc1OCCCN1CCC1. The fraction of sp³-hybridized carbons (Fsp3) is 0.538. The fourth-order valence-electron chi connectivity index (χ4n) is 1.88. The minimum absolute atomic E-state index is 0.698. The molecule has 17 heavy (non-hydrogen) atoms. The van der Waals surface area contributed by atoms with E-state index < -0.39 is 0 Å². The lowest BCUT2D eigenvalue weighted by Gasteiger charge is -2.30. The van der Waals surface area contributed by atoms with Crippen molar-refractivity contribution >= 4 is 5.69 Å². The number of nitrogens with two attached hydrogens (primary N) is 1. The van der Waals surface area contributed by atoms with Crippen LogP contribution in [0, 0.1) is 0 Å². The molecule has 1 fully saturated rings. The Bertz CT molecular complexity index is 364.